The summed E-state index contributed by atoms with van der Waals surface area (Å²) in [6.07, 6.45) is 2.90. The molecule has 0 unspecified atom stereocenters. The van der Waals surface area contributed by atoms with E-state index in [0.29, 0.717) is 37.6 Å². The molecule has 2 aromatic carbocycles. The monoisotopic (exact) mass is 337 g/mol. The molecule has 1 aliphatic heterocycles. The van der Waals surface area contributed by atoms with Crippen LogP contribution in [0.2, 0.25) is 0 Å². The van der Waals surface area contributed by atoms with Crippen LogP contribution >= 0.6 is 0 Å². The van der Waals surface area contributed by atoms with E-state index in [1.807, 2.05) is 18.2 Å². The van der Waals surface area contributed by atoms with E-state index in [4.69, 9.17) is 9.47 Å². The van der Waals surface area contributed by atoms with Gasteiger partial charge in [-0.1, -0.05) is 48.5 Å². The maximum Gasteiger partial charge on any atom is 0.415 e. The molecule has 0 atom stereocenters. The minimum atomic E-state index is -0.370. The van der Waals surface area contributed by atoms with Gasteiger partial charge in [0, 0.05) is 18.7 Å². The van der Waals surface area contributed by atoms with Crippen LogP contribution in [0, 0.1) is 0 Å². The molecule has 0 spiro atoms. The first-order chi connectivity index (χ1) is 12.2. The maximum absolute atomic E-state index is 12.0. The molecule has 1 fully saturated rings. The van der Waals surface area contributed by atoms with Gasteiger partial charge in [-0.2, -0.15) is 0 Å². The minimum absolute atomic E-state index is 0.0524. The second-order valence-corrected chi connectivity index (χ2v) is 5.60. The Bertz CT molecular complexity index is 747. The van der Waals surface area contributed by atoms with Crippen LogP contribution in [-0.2, 0) is 4.74 Å². The first kappa shape index (κ1) is 16.9. The van der Waals surface area contributed by atoms with Gasteiger partial charge in [0.2, 0.25) is 0 Å². The summed E-state index contributed by atoms with van der Waals surface area (Å²) in [5.74, 6) is 0.423. The third-order valence-electron chi connectivity index (χ3n) is 3.84. The largest absolute Gasteiger partial charge is 0.415 e. The lowest BCUT2D eigenvalue weighted by molar-refractivity contribution is 0.0416. The predicted octanol–water partition coefficient (Wildman–Crippen LogP) is 3.41. The molecule has 128 valence electrons. The number of carbonyl (C=O) groups excluding carboxylic acids is 2. The highest BCUT2D eigenvalue weighted by molar-refractivity contribution is 6.06. The molecule has 5 nitrogen and oxygen atoms in total. The minimum Gasteiger partial charge on any atom is -0.410 e. The topological polar surface area (TPSA) is 55.8 Å². The molecule has 0 saturated carbocycles. The molecule has 1 heterocycles. The summed E-state index contributed by atoms with van der Waals surface area (Å²) in [4.78, 5) is 25.7. The summed E-state index contributed by atoms with van der Waals surface area (Å²) >= 11 is 0. The van der Waals surface area contributed by atoms with Gasteiger partial charge in [0.25, 0.3) is 0 Å². The first-order valence-corrected chi connectivity index (χ1v) is 8.14. The molecule has 0 bridgehead atoms. The zero-order valence-corrected chi connectivity index (χ0v) is 13.8. The van der Waals surface area contributed by atoms with Crippen LogP contribution < -0.4 is 4.74 Å². The van der Waals surface area contributed by atoms with Crippen molar-refractivity contribution >= 4 is 18.0 Å². The normalized spacial score (nSPS) is 14.5. The molecule has 1 amide bonds. The Kier molecular flexibility index (Phi) is 5.59. The predicted molar refractivity (Wildman–Crippen MR) is 94.7 cm³/mol. The zero-order valence-electron chi connectivity index (χ0n) is 13.8. The van der Waals surface area contributed by atoms with Crippen molar-refractivity contribution in [3.05, 3.63) is 71.8 Å². The van der Waals surface area contributed by atoms with Crippen LogP contribution in [0.1, 0.15) is 15.9 Å². The Morgan fingerprint density at radius 3 is 2.32 bits per heavy atom. The van der Waals surface area contributed by atoms with E-state index in [1.54, 1.807) is 47.4 Å². The molecule has 1 saturated heterocycles. The van der Waals surface area contributed by atoms with Crippen molar-refractivity contribution in [1.82, 2.24) is 4.90 Å². The Morgan fingerprint density at radius 1 is 0.960 bits per heavy atom. The fourth-order valence-corrected chi connectivity index (χ4v) is 2.43. The molecule has 1 aliphatic rings. The smallest absolute Gasteiger partial charge is 0.410 e. The fraction of sp³-hybridized carbons (Fsp3) is 0.200. The van der Waals surface area contributed by atoms with Gasteiger partial charge in [-0.05, 0) is 23.8 Å². The first-order valence-electron chi connectivity index (χ1n) is 8.14. The number of hydrogen-bond donors (Lipinski definition) is 0. The number of allylic oxidation sites excluding steroid dienone is 1. The number of ether oxygens (including phenoxy) is 2. The quantitative estimate of drug-likeness (QED) is 0.634. The van der Waals surface area contributed by atoms with Crippen LogP contribution in [-0.4, -0.2) is 43.1 Å². The summed E-state index contributed by atoms with van der Waals surface area (Å²) in [5, 5.41) is 0. The zero-order chi connectivity index (χ0) is 17.5. The third kappa shape index (κ3) is 4.78. The highest BCUT2D eigenvalue weighted by atomic mass is 16.6. The summed E-state index contributed by atoms with van der Waals surface area (Å²) in [6, 6.07) is 16.1. The van der Waals surface area contributed by atoms with Crippen LogP contribution in [0.25, 0.3) is 6.08 Å². The average Bonchev–Trinajstić information content (AvgIpc) is 2.68. The van der Waals surface area contributed by atoms with Crippen molar-refractivity contribution in [2.45, 2.75) is 0 Å². The lowest BCUT2D eigenvalue weighted by Crippen LogP contribution is -2.42. The number of rotatable bonds is 4. The van der Waals surface area contributed by atoms with E-state index < -0.39 is 0 Å². The van der Waals surface area contributed by atoms with Gasteiger partial charge in [0.05, 0.1) is 13.2 Å². The van der Waals surface area contributed by atoms with Crippen molar-refractivity contribution in [3.63, 3.8) is 0 Å². The van der Waals surface area contributed by atoms with Gasteiger partial charge in [0.1, 0.15) is 5.75 Å². The SMILES string of the molecule is O=C(/C=C/c1ccc(OC(=O)N2CCOCC2)cc1)c1ccccc1. The Morgan fingerprint density at radius 2 is 1.64 bits per heavy atom. The summed E-state index contributed by atoms with van der Waals surface area (Å²) in [5.41, 5.74) is 1.50. The highest BCUT2D eigenvalue weighted by Gasteiger charge is 2.18. The van der Waals surface area contributed by atoms with Gasteiger partial charge in [-0.15, -0.1) is 0 Å². The average molecular weight is 337 g/mol. The van der Waals surface area contributed by atoms with E-state index in [9.17, 15) is 9.59 Å². The van der Waals surface area contributed by atoms with E-state index in [-0.39, 0.29) is 11.9 Å². The maximum atomic E-state index is 12.0. The molecule has 25 heavy (non-hydrogen) atoms. The Balaban J connectivity index is 1.57. The lowest BCUT2D eigenvalue weighted by atomic mass is 10.1. The number of benzene rings is 2. The van der Waals surface area contributed by atoms with Gasteiger partial charge >= 0.3 is 6.09 Å². The van der Waals surface area contributed by atoms with Gasteiger partial charge in [-0.25, -0.2) is 4.79 Å². The molecule has 0 N–H and O–H groups in total. The van der Waals surface area contributed by atoms with Gasteiger partial charge in [0.15, 0.2) is 5.78 Å². The summed E-state index contributed by atoms with van der Waals surface area (Å²) in [7, 11) is 0. The summed E-state index contributed by atoms with van der Waals surface area (Å²) < 4.78 is 10.6. The lowest BCUT2D eigenvalue weighted by Gasteiger charge is -2.25. The number of ketones is 1. The van der Waals surface area contributed by atoms with Gasteiger partial charge in [-0.3, -0.25) is 4.79 Å². The third-order valence-corrected chi connectivity index (χ3v) is 3.84. The Labute approximate surface area is 146 Å². The molecule has 0 radical (unpaired) electrons. The molecule has 5 heteroatoms. The number of morpholine rings is 1. The van der Waals surface area contributed by atoms with Crippen LogP contribution in [0.5, 0.6) is 5.75 Å². The Hall–Kier alpha value is -2.92. The summed E-state index contributed by atoms with van der Waals surface area (Å²) in [6.45, 7) is 2.16. The van der Waals surface area contributed by atoms with E-state index in [0.717, 1.165) is 5.56 Å². The number of nitrogens with zero attached hydrogens (tertiary/aromatic N) is 1. The van der Waals surface area contributed by atoms with Crippen LogP contribution in [0.4, 0.5) is 4.79 Å². The van der Waals surface area contributed by atoms with Crippen LogP contribution in [0.15, 0.2) is 60.7 Å². The highest BCUT2D eigenvalue weighted by Crippen LogP contribution is 2.15. The molecule has 2 aromatic rings. The van der Waals surface area contributed by atoms with Gasteiger partial charge < -0.3 is 14.4 Å². The standard InChI is InChI=1S/C20H19NO4/c22-19(17-4-2-1-3-5-17)11-8-16-6-9-18(10-7-16)25-20(23)21-12-14-24-15-13-21/h1-11H,12-15H2/b11-8+. The second-order valence-electron chi connectivity index (χ2n) is 5.60. The van der Waals surface area contributed by atoms with Crippen LogP contribution in [0.3, 0.4) is 0 Å². The molecular formula is C20H19NO4. The van der Waals surface area contributed by atoms with E-state index in [1.165, 1.54) is 6.08 Å². The molecule has 3 rings (SSSR count). The van der Waals surface area contributed by atoms with Crippen molar-refractivity contribution in [2.24, 2.45) is 0 Å². The molecule has 0 aromatic heterocycles. The van der Waals surface area contributed by atoms with E-state index in [2.05, 4.69) is 0 Å². The van der Waals surface area contributed by atoms with Crippen molar-refractivity contribution in [3.8, 4) is 5.75 Å². The second kappa shape index (κ2) is 8.26. The van der Waals surface area contributed by atoms with Crippen molar-refractivity contribution in [2.75, 3.05) is 26.3 Å². The van der Waals surface area contributed by atoms with E-state index >= 15 is 0 Å². The number of amides is 1. The fourth-order valence-electron chi connectivity index (χ4n) is 2.43. The number of carbonyl (C=O) groups is 2. The van der Waals surface area contributed by atoms with Crippen molar-refractivity contribution in [1.29, 1.82) is 0 Å². The van der Waals surface area contributed by atoms with Crippen molar-refractivity contribution < 1.29 is 19.1 Å². The molecule has 0 aliphatic carbocycles. The number of hydrogen-bond acceptors (Lipinski definition) is 4. The molecular weight excluding hydrogens is 318 g/mol.